The van der Waals surface area contributed by atoms with Crippen molar-refractivity contribution in [3.05, 3.63) is 12.2 Å². The predicted molar refractivity (Wildman–Crippen MR) is 38.8 cm³/mol. The van der Waals surface area contributed by atoms with Crippen molar-refractivity contribution in [2.45, 2.75) is 13.2 Å². The van der Waals surface area contributed by atoms with Gasteiger partial charge in [-0.05, 0) is 6.08 Å². The average molecular weight is 176 g/mol. The van der Waals surface area contributed by atoms with Crippen LogP contribution in [0.5, 0.6) is 0 Å². The van der Waals surface area contributed by atoms with Gasteiger partial charge in [0.2, 0.25) is 6.29 Å². The highest BCUT2D eigenvalue weighted by Crippen LogP contribution is 2.06. The Balaban J connectivity index is 2.46. The zero-order valence-corrected chi connectivity index (χ0v) is 6.80. The zero-order chi connectivity index (χ0) is 8.27. The Bertz CT molecular complexity index is 211. The molecule has 0 aliphatic carbocycles. The number of hydrogen-bond acceptors (Lipinski definition) is 4. The first-order valence-corrected chi connectivity index (χ1v) is 4.32. The van der Waals surface area contributed by atoms with Gasteiger partial charge in [0, 0.05) is 6.92 Å². The molecule has 0 amide bonds. The maximum atomic E-state index is 10.7. The van der Waals surface area contributed by atoms with Crippen molar-refractivity contribution in [1.29, 1.82) is 0 Å². The summed E-state index contributed by atoms with van der Waals surface area (Å²) in [6, 6.07) is 0. The third-order valence-corrected chi connectivity index (χ3v) is 1.88. The summed E-state index contributed by atoms with van der Waals surface area (Å²) in [6.07, 6.45) is 2.44. The van der Waals surface area contributed by atoms with Crippen LogP contribution in [0.15, 0.2) is 12.2 Å². The average Bonchev–Trinajstić information content (AvgIpc) is 1.85. The van der Waals surface area contributed by atoms with Gasteiger partial charge in [0.1, 0.15) is 0 Å². The Morgan fingerprint density at radius 3 is 3.09 bits per heavy atom. The van der Waals surface area contributed by atoms with Gasteiger partial charge in [0.25, 0.3) is 0 Å². The maximum Gasteiger partial charge on any atom is 0.305 e. The summed E-state index contributed by atoms with van der Waals surface area (Å²) in [4.78, 5) is 10.4. The third-order valence-electron chi connectivity index (χ3n) is 1.01. The molecule has 1 heterocycles. The number of esters is 1. The molecule has 1 unspecified atom stereocenters. The Morgan fingerprint density at radius 1 is 1.82 bits per heavy atom. The summed E-state index contributed by atoms with van der Waals surface area (Å²) in [7, 11) is 0. The molecule has 0 spiro atoms. The van der Waals surface area contributed by atoms with Crippen LogP contribution in [0.3, 0.4) is 0 Å². The molecular formula is C6H8O4S. The van der Waals surface area contributed by atoms with Gasteiger partial charge in [-0.3, -0.25) is 4.79 Å². The lowest BCUT2D eigenvalue weighted by Gasteiger charge is -2.15. The van der Waals surface area contributed by atoms with Crippen molar-refractivity contribution in [2.75, 3.05) is 5.75 Å². The van der Waals surface area contributed by atoms with Crippen molar-refractivity contribution in [3.63, 3.8) is 0 Å². The van der Waals surface area contributed by atoms with E-state index >= 15 is 0 Å². The largest absolute Gasteiger partial charge is 0.431 e. The van der Waals surface area contributed by atoms with E-state index in [2.05, 4.69) is 4.74 Å². The smallest absolute Gasteiger partial charge is 0.305 e. The summed E-state index contributed by atoms with van der Waals surface area (Å²) < 4.78 is 20.1. The molecule has 0 fully saturated rings. The highest BCUT2D eigenvalue weighted by Gasteiger charge is 2.15. The van der Waals surface area contributed by atoms with Crippen LogP contribution < -0.4 is 0 Å². The summed E-state index contributed by atoms with van der Waals surface area (Å²) in [5, 5.41) is 0. The van der Waals surface area contributed by atoms with Crippen LogP contribution in [0.4, 0.5) is 0 Å². The fraction of sp³-hybridized carbons (Fsp3) is 0.500. The first-order valence-electron chi connectivity index (χ1n) is 3.08. The van der Waals surface area contributed by atoms with Crippen molar-refractivity contribution in [1.82, 2.24) is 0 Å². The van der Waals surface area contributed by atoms with E-state index in [9.17, 15) is 9.00 Å². The first-order chi connectivity index (χ1) is 5.18. The van der Waals surface area contributed by atoms with E-state index in [4.69, 9.17) is 4.18 Å². The van der Waals surface area contributed by atoms with Crippen molar-refractivity contribution in [3.8, 4) is 0 Å². The maximum absolute atomic E-state index is 10.7. The van der Waals surface area contributed by atoms with Gasteiger partial charge >= 0.3 is 5.97 Å². The number of carbonyl (C=O) groups is 1. The molecule has 2 atom stereocenters. The minimum Gasteiger partial charge on any atom is -0.431 e. The molecular weight excluding hydrogens is 168 g/mol. The van der Waals surface area contributed by atoms with Gasteiger partial charge in [0.05, 0.1) is 5.75 Å². The van der Waals surface area contributed by atoms with Crippen LogP contribution in [-0.4, -0.2) is 22.2 Å². The Hall–Kier alpha value is -0.680. The van der Waals surface area contributed by atoms with Gasteiger partial charge in [0.15, 0.2) is 11.1 Å². The highest BCUT2D eigenvalue weighted by molar-refractivity contribution is 7.80. The van der Waals surface area contributed by atoms with E-state index in [1.807, 2.05) is 0 Å². The number of ether oxygens (including phenoxy) is 1. The zero-order valence-electron chi connectivity index (χ0n) is 5.98. The number of hydrogen-bond donors (Lipinski definition) is 0. The Kier molecular flexibility index (Phi) is 2.78. The van der Waals surface area contributed by atoms with Crippen LogP contribution in [0, 0.1) is 0 Å². The van der Waals surface area contributed by atoms with Gasteiger partial charge in [-0.1, -0.05) is 6.08 Å². The van der Waals surface area contributed by atoms with Gasteiger partial charge in [-0.25, -0.2) is 8.39 Å². The molecule has 62 valence electrons. The molecule has 4 nitrogen and oxygen atoms in total. The Labute approximate surface area is 66.8 Å². The molecule has 0 N–H and O–H groups in total. The fourth-order valence-electron chi connectivity index (χ4n) is 0.645. The lowest BCUT2D eigenvalue weighted by atomic mass is 10.5. The first kappa shape index (κ1) is 8.42. The molecule has 0 radical (unpaired) electrons. The lowest BCUT2D eigenvalue weighted by Crippen LogP contribution is -2.22. The molecule has 1 aliphatic heterocycles. The van der Waals surface area contributed by atoms with Crippen molar-refractivity contribution >= 4 is 17.0 Å². The van der Waals surface area contributed by atoms with E-state index in [1.165, 1.54) is 6.92 Å². The summed E-state index contributed by atoms with van der Waals surface area (Å²) in [5.74, 6) is -0.0869. The SMILES string of the molecule is CC(=O)O[C@H]1C=CCS(=O)O1. The topological polar surface area (TPSA) is 52.6 Å². The van der Waals surface area contributed by atoms with Crippen LogP contribution in [0.1, 0.15) is 6.92 Å². The lowest BCUT2D eigenvalue weighted by molar-refractivity contribution is -0.154. The van der Waals surface area contributed by atoms with E-state index in [0.29, 0.717) is 5.75 Å². The summed E-state index contributed by atoms with van der Waals surface area (Å²) in [6.45, 7) is 1.27. The molecule has 5 heteroatoms. The predicted octanol–water partition coefficient (Wildman–Crippen LogP) is 0.126. The molecule has 0 saturated carbocycles. The standard InChI is InChI=1S/C6H8O4S/c1-5(7)9-6-3-2-4-11(8)10-6/h2-3,6H,4H2,1H3/t6-,11?/m1/s1. The van der Waals surface area contributed by atoms with Gasteiger partial charge in [-0.2, -0.15) is 0 Å². The van der Waals surface area contributed by atoms with E-state index in [0.717, 1.165) is 0 Å². The molecule has 0 aromatic heterocycles. The van der Waals surface area contributed by atoms with Gasteiger partial charge in [-0.15, -0.1) is 0 Å². The second-order valence-corrected chi connectivity index (χ2v) is 3.11. The number of rotatable bonds is 1. The van der Waals surface area contributed by atoms with Crippen molar-refractivity contribution in [2.24, 2.45) is 0 Å². The molecule has 1 aliphatic rings. The quantitative estimate of drug-likeness (QED) is 0.421. The molecule has 0 saturated heterocycles. The van der Waals surface area contributed by atoms with Gasteiger partial charge < -0.3 is 4.74 Å². The minimum atomic E-state index is -1.35. The molecule has 11 heavy (non-hydrogen) atoms. The minimum absolute atomic E-state index is 0.359. The summed E-state index contributed by atoms with van der Waals surface area (Å²) >= 11 is -1.35. The molecule has 0 bridgehead atoms. The van der Waals surface area contributed by atoms with Crippen LogP contribution in [-0.2, 0) is 24.8 Å². The van der Waals surface area contributed by atoms with Crippen LogP contribution in [0.25, 0.3) is 0 Å². The van der Waals surface area contributed by atoms with Crippen LogP contribution >= 0.6 is 0 Å². The van der Waals surface area contributed by atoms with Crippen LogP contribution in [0.2, 0.25) is 0 Å². The molecule has 0 aromatic rings. The van der Waals surface area contributed by atoms with Crippen molar-refractivity contribution < 1.29 is 17.9 Å². The molecule has 1 rings (SSSR count). The van der Waals surface area contributed by atoms with E-state index in [1.54, 1.807) is 12.2 Å². The summed E-state index contributed by atoms with van der Waals surface area (Å²) in [5.41, 5.74) is 0. The van der Waals surface area contributed by atoms with E-state index < -0.39 is 23.3 Å². The normalized spacial score (nSPS) is 29.9. The third kappa shape index (κ3) is 2.81. The Morgan fingerprint density at radius 2 is 2.55 bits per heavy atom. The fourth-order valence-corrected chi connectivity index (χ4v) is 1.31. The molecule has 0 aromatic carbocycles. The number of carbonyl (C=O) groups excluding carboxylic acids is 1. The monoisotopic (exact) mass is 176 g/mol. The highest BCUT2D eigenvalue weighted by atomic mass is 32.2. The second kappa shape index (κ2) is 3.64. The van der Waals surface area contributed by atoms with E-state index in [-0.39, 0.29) is 0 Å². The second-order valence-electron chi connectivity index (χ2n) is 1.97.